The molecule has 23 heavy (non-hydrogen) atoms. The topological polar surface area (TPSA) is 101 Å². The molecule has 0 bridgehead atoms. The Balaban J connectivity index is 1.87. The maximum Gasteiger partial charge on any atom is 0.269 e. The van der Waals surface area contributed by atoms with Gasteiger partial charge in [-0.1, -0.05) is 23.7 Å². The highest BCUT2D eigenvalue weighted by atomic mass is 35.5. The maximum atomic E-state index is 12.1. The van der Waals surface area contributed by atoms with Gasteiger partial charge in [0.05, 0.1) is 9.95 Å². The number of nitrogens with zero attached hydrogens (tertiary/aromatic N) is 1. The average Bonchev–Trinajstić information content (AvgIpc) is 2.52. The fourth-order valence-electron chi connectivity index (χ4n) is 1.83. The van der Waals surface area contributed by atoms with E-state index in [4.69, 9.17) is 11.6 Å². The lowest BCUT2D eigenvalue weighted by Gasteiger charge is -2.09. The van der Waals surface area contributed by atoms with E-state index in [1.54, 1.807) is 24.3 Å². The van der Waals surface area contributed by atoms with Gasteiger partial charge in [-0.25, -0.2) is 13.1 Å². The SMILES string of the molecule is O=[N+]([O-])c1ccc(NCCNS(=O)(=O)c2ccccc2Cl)cc1. The van der Waals surface area contributed by atoms with Gasteiger partial charge in [0.1, 0.15) is 4.90 Å². The van der Waals surface area contributed by atoms with Gasteiger partial charge in [0.25, 0.3) is 5.69 Å². The summed E-state index contributed by atoms with van der Waals surface area (Å²) >= 11 is 5.87. The number of sulfonamides is 1. The summed E-state index contributed by atoms with van der Waals surface area (Å²) in [7, 11) is -3.67. The predicted octanol–water partition coefficient (Wildman–Crippen LogP) is 2.64. The van der Waals surface area contributed by atoms with Gasteiger partial charge in [-0.3, -0.25) is 10.1 Å². The largest absolute Gasteiger partial charge is 0.384 e. The number of nitrogens with one attached hydrogen (secondary N) is 2. The third kappa shape index (κ3) is 4.65. The number of nitro groups is 1. The van der Waals surface area contributed by atoms with Crippen LogP contribution in [0.15, 0.2) is 53.4 Å². The van der Waals surface area contributed by atoms with E-state index >= 15 is 0 Å². The molecule has 2 N–H and O–H groups in total. The highest BCUT2D eigenvalue weighted by Gasteiger charge is 2.16. The molecule has 0 spiro atoms. The molecule has 0 aliphatic heterocycles. The van der Waals surface area contributed by atoms with Crippen LogP contribution in [-0.2, 0) is 10.0 Å². The Morgan fingerprint density at radius 3 is 2.30 bits per heavy atom. The fourth-order valence-corrected chi connectivity index (χ4v) is 3.38. The first-order valence-corrected chi connectivity index (χ1v) is 8.49. The number of nitro benzene ring substituents is 1. The minimum absolute atomic E-state index is 0.00466. The number of halogens is 1. The molecule has 0 aliphatic rings. The van der Waals surface area contributed by atoms with E-state index < -0.39 is 14.9 Å². The van der Waals surface area contributed by atoms with Gasteiger partial charge in [0.2, 0.25) is 10.0 Å². The molecule has 0 radical (unpaired) electrons. The Morgan fingerprint density at radius 1 is 1.04 bits per heavy atom. The van der Waals surface area contributed by atoms with Crippen LogP contribution in [0.5, 0.6) is 0 Å². The summed E-state index contributed by atoms with van der Waals surface area (Å²) < 4.78 is 26.6. The molecule has 0 aliphatic carbocycles. The first-order valence-electron chi connectivity index (χ1n) is 6.63. The lowest BCUT2D eigenvalue weighted by molar-refractivity contribution is -0.384. The van der Waals surface area contributed by atoms with Gasteiger partial charge >= 0.3 is 0 Å². The van der Waals surface area contributed by atoms with Crippen molar-refractivity contribution < 1.29 is 13.3 Å². The predicted molar refractivity (Wildman–Crippen MR) is 88.2 cm³/mol. The van der Waals surface area contributed by atoms with Gasteiger partial charge in [-0.2, -0.15) is 0 Å². The molecule has 0 unspecified atom stereocenters. The molecule has 0 atom stereocenters. The third-order valence-corrected chi connectivity index (χ3v) is 4.91. The monoisotopic (exact) mass is 355 g/mol. The quantitative estimate of drug-likeness (QED) is 0.451. The van der Waals surface area contributed by atoms with Crippen molar-refractivity contribution in [2.75, 3.05) is 18.4 Å². The molecule has 7 nitrogen and oxygen atoms in total. The molecule has 9 heteroatoms. The summed E-state index contributed by atoms with van der Waals surface area (Å²) in [5.74, 6) is 0. The first-order chi connectivity index (χ1) is 10.9. The Hall–Kier alpha value is -2.16. The Kier molecular flexibility index (Phi) is 5.54. The second-order valence-electron chi connectivity index (χ2n) is 4.56. The van der Waals surface area contributed by atoms with Gasteiger partial charge in [-0.05, 0) is 24.3 Å². The molecule has 2 aromatic carbocycles. The summed E-state index contributed by atoms with van der Waals surface area (Å²) in [5.41, 5.74) is 0.655. The fraction of sp³-hybridized carbons (Fsp3) is 0.143. The molecule has 0 saturated carbocycles. The zero-order chi connectivity index (χ0) is 16.9. The average molecular weight is 356 g/mol. The van der Waals surface area contributed by atoms with Gasteiger partial charge in [-0.15, -0.1) is 0 Å². The lowest BCUT2D eigenvalue weighted by Crippen LogP contribution is -2.29. The van der Waals surface area contributed by atoms with Crippen LogP contribution in [0, 0.1) is 10.1 Å². The van der Waals surface area contributed by atoms with E-state index in [2.05, 4.69) is 10.0 Å². The molecule has 122 valence electrons. The van der Waals surface area contributed by atoms with Crippen LogP contribution in [0.3, 0.4) is 0 Å². The van der Waals surface area contributed by atoms with Crippen molar-refractivity contribution in [3.05, 3.63) is 63.7 Å². The molecule has 0 aromatic heterocycles. The van der Waals surface area contributed by atoms with E-state index in [9.17, 15) is 18.5 Å². The molecular weight excluding hydrogens is 342 g/mol. The molecule has 0 heterocycles. The van der Waals surface area contributed by atoms with Crippen molar-refractivity contribution in [1.82, 2.24) is 4.72 Å². The van der Waals surface area contributed by atoms with E-state index in [1.165, 1.54) is 24.3 Å². The molecule has 0 amide bonds. The van der Waals surface area contributed by atoms with Crippen LogP contribution in [0.4, 0.5) is 11.4 Å². The number of hydrogen-bond acceptors (Lipinski definition) is 5. The van der Waals surface area contributed by atoms with E-state index in [1.807, 2.05) is 0 Å². The van der Waals surface area contributed by atoms with Crippen LogP contribution in [-0.4, -0.2) is 26.4 Å². The van der Waals surface area contributed by atoms with Crippen LogP contribution < -0.4 is 10.0 Å². The van der Waals surface area contributed by atoms with E-state index in [0.717, 1.165) is 0 Å². The smallest absolute Gasteiger partial charge is 0.269 e. The Labute approximate surface area is 138 Å². The van der Waals surface area contributed by atoms with Crippen molar-refractivity contribution >= 4 is 33.0 Å². The highest BCUT2D eigenvalue weighted by molar-refractivity contribution is 7.89. The van der Waals surface area contributed by atoms with Crippen molar-refractivity contribution in [2.45, 2.75) is 4.90 Å². The minimum Gasteiger partial charge on any atom is -0.384 e. The number of anilines is 1. The lowest BCUT2D eigenvalue weighted by atomic mass is 10.3. The minimum atomic E-state index is -3.67. The summed E-state index contributed by atoms with van der Waals surface area (Å²) in [6.45, 7) is 0.464. The second kappa shape index (κ2) is 7.40. The molecule has 2 rings (SSSR count). The zero-order valence-electron chi connectivity index (χ0n) is 11.9. The maximum absolute atomic E-state index is 12.1. The zero-order valence-corrected chi connectivity index (χ0v) is 13.5. The van der Waals surface area contributed by atoms with Gasteiger partial charge in [0.15, 0.2) is 0 Å². The number of non-ortho nitro benzene ring substituents is 1. The van der Waals surface area contributed by atoms with Crippen LogP contribution in [0.1, 0.15) is 0 Å². The van der Waals surface area contributed by atoms with Crippen LogP contribution >= 0.6 is 11.6 Å². The Morgan fingerprint density at radius 2 is 1.70 bits per heavy atom. The summed E-state index contributed by atoms with van der Waals surface area (Å²) in [6.07, 6.45) is 0. The first kappa shape index (κ1) is 17.2. The van der Waals surface area contributed by atoms with Gasteiger partial charge < -0.3 is 5.32 Å². The third-order valence-electron chi connectivity index (χ3n) is 2.95. The van der Waals surface area contributed by atoms with Crippen molar-refractivity contribution in [1.29, 1.82) is 0 Å². The molecule has 2 aromatic rings. The summed E-state index contributed by atoms with van der Waals surface area (Å²) in [6, 6.07) is 12.0. The second-order valence-corrected chi connectivity index (χ2v) is 6.70. The van der Waals surface area contributed by atoms with Crippen LogP contribution in [0.2, 0.25) is 5.02 Å². The normalized spacial score (nSPS) is 11.2. The number of rotatable bonds is 7. The summed E-state index contributed by atoms with van der Waals surface area (Å²) in [4.78, 5) is 10.1. The van der Waals surface area contributed by atoms with E-state index in [-0.39, 0.29) is 22.2 Å². The van der Waals surface area contributed by atoms with E-state index in [0.29, 0.717) is 12.2 Å². The molecule has 0 saturated heterocycles. The molecule has 0 fully saturated rings. The molecular formula is C14H14ClN3O4S. The standard InChI is InChI=1S/C14H14ClN3O4S/c15-13-3-1-2-4-14(13)23(21,22)17-10-9-16-11-5-7-12(8-6-11)18(19)20/h1-8,16-17H,9-10H2. The van der Waals surface area contributed by atoms with Crippen molar-refractivity contribution in [3.63, 3.8) is 0 Å². The van der Waals surface area contributed by atoms with Crippen LogP contribution in [0.25, 0.3) is 0 Å². The van der Waals surface area contributed by atoms with Gasteiger partial charge in [0, 0.05) is 30.9 Å². The number of benzene rings is 2. The number of hydrogen-bond donors (Lipinski definition) is 2. The summed E-state index contributed by atoms with van der Waals surface area (Å²) in [5, 5.41) is 13.7. The van der Waals surface area contributed by atoms with Crippen molar-refractivity contribution in [3.8, 4) is 0 Å². The highest BCUT2D eigenvalue weighted by Crippen LogP contribution is 2.20. The Bertz CT molecular complexity index is 794. The van der Waals surface area contributed by atoms with Crippen molar-refractivity contribution in [2.24, 2.45) is 0 Å².